The van der Waals surface area contributed by atoms with E-state index in [9.17, 15) is 16.8 Å². The number of sulfonamides is 1. The zero-order chi connectivity index (χ0) is 18.5. The van der Waals surface area contributed by atoms with E-state index in [0.717, 1.165) is 19.4 Å². The van der Waals surface area contributed by atoms with Gasteiger partial charge in [0.2, 0.25) is 10.0 Å². The van der Waals surface area contributed by atoms with Crippen molar-refractivity contribution < 1.29 is 21.6 Å². The molecule has 7 nitrogen and oxygen atoms in total. The Morgan fingerprint density at radius 1 is 1.15 bits per heavy atom. The lowest BCUT2D eigenvalue weighted by Crippen LogP contribution is -2.48. The minimum absolute atomic E-state index is 0.0937. The lowest BCUT2D eigenvalue weighted by molar-refractivity contribution is 0.477. The van der Waals surface area contributed by atoms with Crippen molar-refractivity contribution in [3.8, 4) is 11.5 Å². The zero-order valence-electron chi connectivity index (χ0n) is 13.4. The molecule has 0 radical (unpaired) electrons. The van der Waals surface area contributed by atoms with E-state index < -0.39 is 19.1 Å². The molecule has 1 atom stereocenters. The number of hydrogen-bond donors (Lipinski definition) is 1. The smallest absolute Gasteiger partial charge is 0.261 e. The molecule has 1 unspecified atom stereocenters. The molecular formula is C16H15ClN2O5S2. The number of ether oxygens (including phenoxy) is 1. The maximum absolute atomic E-state index is 12.5. The fourth-order valence-corrected chi connectivity index (χ4v) is 5.50. The Bertz CT molecular complexity index is 1090. The van der Waals surface area contributed by atoms with Crippen molar-refractivity contribution in [2.24, 2.45) is 0 Å². The van der Waals surface area contributed by atoms with Gasteiger partial charge in [-0.25, -0.2) is 16.8 Å². The molecule has 1 N–H and O–H groups in total. The second-order valence-electron chi connectivity index (χ2n) is 6.12. The van der Waals surface area contributed by atoms with Gasteiger partial charge in [-0.15, -0.1) is 0 Å². The van der Waals surface area contributed by atoms with Crippen LogP contribution in [0.4, 0.5) is 5.69 Å². The molecule has 1 fully saturated rings. The van der Waals surface area contributed by atoms with E-state index in [0.29, 0.717) is 5.69 Å². The molecule has 0 amide bonds. The summed E-state index contributed by atoms with van der Waals surface area (Å²) in [5, 5.41) is 0. The van der Waals surface area contributed by atoms with Crippen molar-refractivity contribution in [1.82, 2.24) is 4.72 Å². The molecule has 0 aliphatic carbocycles. The van der Waals surface area contributed by atoms with Gasteiger partial charge in [0.15, 0.2) is 0 Å². The molecular weight excluding hydrogens is 400 g/mol. The number of halogens is 1. The minimum Gasteiger partial charge on any atom is -0.457 e. The van der Waals surface area contributed by atoms with Gasteiger partial charge in [-0.1, -0.05) is 6.07 Å². The normalized spacial score (nSPS) is 21.1. The van der Waals surface area contributed by atoms with Crippen LogP contribution in [0.15, 0.2) is 52.3 Å². The molecule has 4 rings (SSSR count). The van der Waals surface area contributed by atoms with Crippen LogP contribution in [0.3, 0.4) is 0 Å². The average molecular weight is 415 g/mol. The lowest BCUT2D eigenvalue weighted by Gasteiger charge is -2.33. The summed E-state index contributed by atoms with van der Waals surface area (Å²) in [5.41, 5.74) is 0.649. The first-order valence-electron chi connectivity index (χ1n) is 7.90. The van der Waals surface area contributed by atoms with Crippen LogP contribution in [0.5, 0.6) is 11.5 Å². The van der Waals surface area contributed by atoms with Crippen LogP contribution in [0.1, 0.15) is 12.8 Å². The highest BCUT2D eigenvalue weighted by Crippen LogP contribution is 2.38. The molecule has 0 bridgehead atoms. The molecule has 1 saturated heterocycles. The molecule has 0 spiro atoms. The van der Waals surface area contributed by atoms with Crippen molar-refractivity contribution in [3.05, 3.63) is 42.5 Å². The monoisotopic (exact) mass is 414 g/mol. The first-order chi connectivity index (χ1) is 12.2. The first kappa shape index (κ1) is 17.6. The molecule has 26 heavy (non-hydrogen) atoms. The Balaban J connectivity index is 1.70. The number of anilines is 1. The van der Waals surface area contributed by atoms with Gasteiger partial charge >= 0.3 is 0 Å². The summed E-state index contributed by atoms with van der Waals surface area (Å²) in [4.78, 5) is 2.08. The van der Waals surface area contributed by atoms with E-state index in [1.54, 1.807) is 18.2 Å². The topological polar surface area (TPSA) is 92.8 Å². The van der Waals surface area contributed by atoms with Crippen LogP contribution >= 0.6 is 10.7 Å². The third kappa shape index (κ3) is 3.16. The average Bonchev–Trinajstić information content (AvgIpc) is 3.02. The van der Waals surface area contributed by atoms with Gasteiger partial charge in [-0.2, -0.15) is 4.72 Å². The molecule has 2 aliphatic rings. The van der Waals surface area contributed by atoms with E-state index in [2.05, 4.69) is 4.72 Å². The van der Waals surface area contributed by atoms with Crippen LogP contribution in [0, 0.1) is 0 Å². The van der Waals surface area contributed by atoms with E-state index >= 15 is 0 Å². The van der Waals surface area contributed by atoms with E-state index in [1.807, 2.05) is 4.90 Å². The summed E-state index contributed by atoms with van der Waals surface area (Å²) in [7, 11) is -2.17. The van der Waals surface area contributed by atoms with Crippen LogP contribution < -0.4 is 14.4 Å². The lowest BCUT2D eigenvalue weighted by atomic mass is 10.2. The highest BCUT2D eigenvalue weighted by atomic mass is 35.7. The van der Waals surface area contributed by atoms with E-state index in [4.69, 9.17) is 15.4 Å². The van der Waals surface area contributed by atoms with Crippen molar-refractivity contribution in [3.63, 3.8) is 0 Å². The quantitative estimate of drug-likeness (QED) is 0.776. The third-order valence-electron chi connectivity index (χ3n) is 4.40. The first-order valence-corrected chi connectivity index (χ1v) is 11.7. The van der Waals surface area contributed by atoms with Crippen LogP contribution in [0.2, 0.25) is 0 Å². The van der Waals surface area contributed by atoms with Gasteiger partial charge in [0.1, 0.15) is 16.4 Å². The van der Waals surface area contributed by atoms with E-state index in [1.165, 1.54) is 24.3 Å². The molecule has 10 heteroatoms. The van der Waals surface area contributed by atoms with Gasteiger partial charge in [-0.3, -0.25) is 0 Å². The van der Waals surface area contributed by atoms with E-state index in [-0.39, 0.29) is 27.5 Å². The number of rotatable bonds is 3. The fourth-order valence-electron chi connectivity index (χ4n) is 3.26. The Morgan fingerprint density at radius 3 is 2.69 bits per heavy atom. The standard InChI is InChI=1S/C16H15ClN2O5S2/c17-25(20,21)13-4-1-3-11(9-13)24-12-6-7-14-15(10-12)26(22,23)18-16-5-2-8-19(14)16/h1,3-4,6-7,9-10,16,18H,2,5,8H2. The molecule has 0 saturated carbocycles. The molecule has 2 heterocycles. The number of fused-ring (bicyclic) bond motifs is 3. The van der Waals surface area contributed by atoms with Gasteiger partial charge in [0.05, 0.1) is 16.7 Å². The number of nitrogens with zero attached hydrogens (tertiary/aromatic N) is 1. The maximum atomic E-state index is 12.5. The summed E-state index contributed by atoms with van der Waals surface area (Å²) < 4.78 is 56.2. The predicted molar refractivity (Wildman–Crippen MR) is 96.7 cm³/mol. The van der Waals surface area contributed by atoms with Crippen molar-refractivity contribution in [2.75, 3.05) is 11.4 Å². The van der Waals surface area contributed by atoms with Crippen molar-refractivity contribution in [1.29, 1.82) is 0 Å². The Labute approximate surface area is 156 Å². The van der Waals surface area contributed by atoms with Crippen LogP contribution in [0.25, 0.3) is 0 Å². The zero-order valence-corrected chi connectivity index (χ0v) is 15.8. The summed E-state index contributed by atoms with van der Waals surface area (Å²) in [5.74, 6) is 0.530. The SMILES string of the molecule is O=S(=O)(Cl)c1cccc(Oc2ccc3c(c2)S(=O)(=O)NC2CCCN32)c1. The van der Waals surface area contributed by atoms with Crippen molar-refractivity contribution >= 4 is 35.4 Å². The molecule has 2 aliphatic heterocycles. The Morgan fingerprint density at radius 2 is 1.92 bits per heavy atom. The maximum Gasteiger partial charge on any atom is 0.261 e. The highest BCUT2D eigenvalue weighted by Gasteiger charge is 2.37. The Hall–Kier alpha value is -1.81. The Kier molecular flexibility index (Phi) is 4.14. The largest absolute Gasteiger partial charge is 0.457 e. The fraction of sp³-hybridized carbons (Fsp3) is 0.250. The summed E-state index contributed by atoms with van der Waals surface area (Å²) in [6.45, 7) is 0.788. The molecule has 2 aromatic carbocycles. The number of nitrogens with one attached hydrogen (secondary N) is 1. The molecule has 138 valence electrons. The van der Waals surface area contributed by atoms with Crippen molar-refractivity contribution in [2.45, 2.75) is 28.8 Å². The van der Waals surface area contributed by atoms with Crippen LogP contribution in [-0.4, -0.2) is 29.5 Å². The van der Waals surface area contributed by atoms with Gasteiger partial charge in [0, 0.05) is 29.4 Å². The summed E-state index contributed by atoms with van der Waals surface area (Å²) in [6, 6.07) is 10.5. The summed E-state index contributed by atoms with van der Waals surface area (Å²) >= 11 is 0. The second-order valence-corrected chi connectivity index (χ2v) is 10.4. The number of benzene rings is 2. The highest BCUT2D eigenvalue weighted by molar-refractivity contribution is 8.13. The van der Waals surface area contributed by atoms with Crippen LogP contribution in [-0.2, 0) is 19.1 Å². The molecule has 2 aromatic rings. The van der Waals surface area contributed by atoms with Gasteiger partial charge in [0.25, 0.3) is 9.05 Å². The predicted octanol–water partition coefficient (Wildman–Crippen LogP) is 2.62. The second kappa shape index (κ2) is 6.12. The van der Waals surface area contributed by atoms with Gasteiger partial charge in [-0.05, 0) is 37.1 Å². The number of hydrogen-bond acceptors (Lipinski definition) is 6. The van der Waals surface area contributed by atoms with Gasteiger partial charge < -0.3 is 9.64 Å². The minimum atomic E-state index is -3.88. The summed E-state index contributed by atoms with van der Waals surface area (Å²) in [6.07, 6.45) is 1.49. The molecule has 0 aromatic heterocycles. The third-order valence-corrected chi connectivity index (χ3v) is 7.24.